The molecule has 0 aliphatic heterocycles. The molecule has 0 radical (unpaired) electrons. The zero-order chi connectivity index (χ0) is 13.8. The Bertz CT molecular complexity index is 597. The van der Waals surface area contributed by atoms with Gasteiger partial charge in [-0.25, -0.2) is 0 Å². The Labute approximate surface area is 108 Å². The van der Waals surface area contributed by atoms with Crippen molar-refractivity contribution in [2.24, 2.45) is 7.05 Å². The number of anilines is 1. The van der Waals surface area contributed by atoms with E-state index in [9.17, 15) is 10.1 Å². The Morgan fingerprint density at radius 3 is 2.89 bits per heavy atom. The smallest absolute Gasteiger partial charge is 0.342 e. The van der Waals surface area contributed by atoms with E-state index in [0.29, 0.717) is 12.4 Å². The number of aromatic nitrogens is 4. The number of aryl methyl sites for hydroxylation is 1. The van der Waals surface area contributed by atoms with E-state index in [2.05, 4.69) is 20.4 Å². The van der Waals surface area contributed by atoms with Gasteiger partial charge < -0.3 is 10.1 Å². The number of nitrogens with zero attached hydrogens (tertiary/aromatic N) is 5. The molecule has 0 aliphatic carbocycles. The van der Waals surface area contributed by atoms with Crippen LogP contribution < -0.4 is 10.1 Å². The van der Waals surface area contributed by atoms with E-state index in [-0.39, 0.29) is 17.6 Å². The van der Waals surface area contributed by atoms with Gasteiger partial charge >= 0.3 is 6.01 Å². The molecule has 2 aromatic rings. The van der Waals surface area contributed by atoms with E-state index < -0.39 is 4.92 Å². The van der Waals surface area contributed by atoms with Crippen molar-refractivity contribution in [1.82, 2.24) is 19.7 Å². The summed E-state index contributed by atoms with van der Waals surface area (Å²) in [6, 6.07) is 2.64. The third-order valence-electron chi connectivity index (χ3n) is 2.13. The fraction of sp³-hybridized carbons (Fsp3) is 0.300. The first-order chi connectivity index (χ1) is 9.08. The van der Waals surface area contributed by atoms with Crippen molar-refractivity contribution in [3.63, 3.8) is 0 Å². The molecule has 9 heteroatoms. The van der Waals surface area contributed by atoms with Crippen LogP contribution in [-0.4, -0.2) is 31.2 Å². The van der Waals surface area contributed by atoms with E-state index in [0.717, 1.165) is 0 Å². The van der Waals surface area contributed by atoms with Crippen molar-refractivity contribution < 1.29 is 9.66 Å². The molecule has 2 rings (SSSR count). The molecule has 0 fully saturated rings. The lowest BCUT2D eigenvalue weighted by molar-refractivity contribution is -0.384. The fourth-order valence-corrected chi connectivity index (χ4v) is 1.38. The monoisotopic (exact) mass is 264 g/mol. The van der Waals surface area contributed by atoms with Crippen molar-refractivity contribution in [2.75, 3.05) is 11.9 Å². The van der Waals surface area contributed by atoms with E-state index in [1.165, 1.54) is 23.1 Å². The average molecular weight is 264 g/mol. The Morgan fingerprint density at radius 1 is 1.53 bits per heavy atom. The van der Waals surface area contributed by atoms with Crippen LogP contribution in [0.15, 0.2) is 18.5 Å². The van der Waals surface area contributed by atoms with Gasteiger partial charge in [0, 0.05) is 13.6 Å². The highest BCUT2D eigenvalue weighted by Crippen LogP contribution is 2.24. The lowest BCUT2D eigenvalue weighted by Crippen LogP contribution is -2.02. The summed E-state index contributed by atoms with van der Waals surface area (Å²) in [4.78, 5) is 18.3. The second-order valence-corrected chi connectivity index (χ2v) is 3.64. The number of pyridine rings is 1. The molecule has 9 nitrogen and oxygen atoms in total. The molecule has 0 atom stereocenters. The van der Waals surface area contributed by atoms with Crippen LogP contribution in [-0.2, 0) is 7.05 Å². The Balaban J connectivity index is 2.30. The lowest BCUT2D eigenvalue weighted by atomic mass is 10.4. The fourth-order valence-electron chi connectivity index (χ4n) is 1.38. The van der Waals surface area contributed by atoms with Crippen LogP contribution in [0.25, 0.3) is 0 Å². The van der Waals surface area contributed by atoms with Gasteiger partial charge in [-0.05, 0) is 6.92 Å². The Morgan fingerprint density at radius 2 is 2.32 bits per heavy atom. The highest BCUT2D eigenvalue weighted by Gasteiger charge is 2.13. The second kappa shape index (κ2) is 5.29. The molecule has 1 N–H and O–H groups in total. The van der Waals surface area contributed by atoms with Gasteiger partial charge in [0.05, 0.1) is 17.1 Å². The third-order valence-corrected chi connectivity index (χ3v) is 2.13. The number of rotatable bonds is 5. The van der Waals surface area contributed by atoms with Gasteiger partial charge in [0.15, 0.2) is 0 Å². The summed E-state index contributed by atoms with van der Waals surface area (Å²) >= 11 is 0. The van der Waals surface area contributed by atoms with E-state index in [4.69, 9.17) is 4.74 Å². The zero-order valence-electron chi connectivity index (χ0n) is 10.4. The first-order valence-corrected chi connectivity index (χ1v) is 5.52. The molecule has 0 aromatic carbocycles. The highest BCUT2D eigenvalue weighted by atomic mass is 16.6. The Hall–Kier alpha value is -2.71. The zero-order valence-corrected chi connectivity index (χ0v) is 10.4. The van der Waals surface area contributed by atoms with Crippen LogP contribution in [0.5, 0.6) is 11.9 Å². The molecule has 0 unspecified atom stereocenters. The van der Waals surface area contributed by atoms with Crippen LogP contribution in [0.1, 0.15) is 6.92 Å². The van der Waals surface area contributed by atoms with Crippen molar-refractivity contribution in [1.29, 1.82) is 0 Å². The first-order valence-electron chi connectivity index (χ1n) is 5.52. The molecule has 0 bridgehead atoms. The molecule has 0 saturated carbocycles. The van der Waals surface area contributed by atoms with Crippen molar-refractivity contribution in [3.8, 4) is 11.9 Å². The van der Waals surface area contributed by atoms with Gasteiger partial charge in [0.2, 0.25) is 5.88 Å². The summed E-state index contributed by atoms with van der Waals surface area (Å²) in [5.41, 5.74) is -0.114. The SMILES string of the molecule is CCNc1cc([N+](=O)[O-])cc(Oc2ncn(C)n2)n1. The average Bonchev–Trinajstić information content (AvgIpc) is 2.75. The van der Waals surface area contributed by atoms with E-state index in [1.807, 2.05) is 6.92 Å². The minimum atomic E-state index is -0.513. The second-order valence-electron chi connectivity index (χ2n) is 3.64. The molecule has 100 valence electrons. The number of nitrogens with one attached hydrogen (secondary N) is 1. The predicted octanol–water partition coefficient (Wildman–Crippen LogP) is 1.34. The topological polar surface area (TPSA) is 108 Å². The normalized spacial score (nSPS) is 10.2. The van der Waals surface area contributed by atoms with Gasteiger partial charge in [-0.3, -0.25) is 14.8 Å². The molecule has 2 heterocycles. The molecule has 0 saturated heterocycles. The number of ether oxygens (including phenoxy) is 1. The van der Waals surface area contributed by atoms with Gasteiger partial charge in [-0.15, -0.1) is 5.10 Å². The van der Waals surface area contributed by atoms with Crippen molar-refractivity contribution in [3.05, 3.63) is 28.6 Å². The maximum absolute atomic E-state index is 10.8. The summed E-state index contributed by atoms with van der Waals surface area (Å²) < 4.78 is 6.73. The molecule has 2 aromatic heterocycles. The van der Waals surface area contributed by atoms with Gasteiger partial charge in [-0.1, -0.05) is 0 Å². The molecule has 0 spiro atoms. The van der Waals surface area contributed by atoms with Crippen molar-refractivity contribution in [2.45, 2.75) is 6.92 Å². The molecule has 0 aliphatic rings. The number of hydrogen-bond donors (Lipinski definition) is 1. The molecule has 19 heavy (non-hydrogen) atoms. The molecular weight excluding hydrogens is 252 g/mol. The maximum Gasteiger partial charge on any atom is 0.342 e. The minimum absolute atomic E-state index is 0.0661. The van der Waals surface area contributed by atoms with Crippen molar-refractivity contribution >= 4 is 11.5 Å². The summed E-state index contributed by atoms with van der Waals surface area (Å²) in [5.74, 6) is 0.430. The van der Waals surface area contributed by atoms with Gasteiger partial charge in [0.25, 0.3) is 5.69 Å². The largest absolute Gasteiger partial charge is 0.404 e. The summed E-state index contributed by atoms with van der Waals surface area (Å²) in [7, 11) is 1.69. The van der Waals surface area contributed by atoms with Crippen LogP contribution in [0.2, 0.25) is 0 Å². The minimum Gasteiger partial charge on any atom is -0.404 e. The lowest BCUT2D eigenvalue weighted by Gasteiger charge is -2.05. The number of hydrogen-bond acceptors (Lipinski definition) is 7. The third kappa shape index (κ3) is 3.15. The number of nitro groups is 1. The van der Waals surface area contributed by atoms with Gasteiger partial charge in [-0.2, -0.15) is 9.97 Å². The standard InChI is InChI=1S/C10H12N6O3/c1-3-11-8-4-7(16(17)18)5-9(13-8)19-10-12-6-15(2)14-10/h4-6H,3H2,1-2H3,(H,11,13). The van der Waals surface area contributed by atoms with Crippen LogP contribution in [0, 0.1) is 10.1 Å². The van der Waals surface area contributed by atoms with E-state index >= 15 is 0 Å². The summed E-state index contributed by atoms with van der Waals surface area (Å²) in [6.07, 6.45) is 1.46. The highest BCUT2D eigenvalue weighted by molar-refractivity contribution is 5.48. The van der Waals surface area contributed by atoms with Gasteiger partial charge in [0.1, 0.15) is 12.1 Å². The van der Waals surface area contributed by atoms with Crippen LogP contribution in [0.3, 0.4) is 0 Å². The van der Waals surface area contributed by atoms with Crippen LogP contribution >= 0.6 is 0 Å². The van der Waals surface area contributed by atoms with E-state index in [1.54, 1.807) is 7.05 Å². The molecular formula is C10H12N6O3. The quantitative estimate of drug-likeness (QED) is 0.641. The summed E-state index contributed by atoms with van der Waals surface area (Å²) in [6.45, 7) is 2.46. The maximum atomic E-state index is 10.8. The summed E-state index contributed by atoms with van der Waals surface area (Å²) in [5, 5.41) is 17.6. The first kappa shape index (κ1) is 12.7. The Kier molecular flexibility index (Phi) is 3.55. The molecule has 0 amide bonds. The van der Waals surface area contributed by atoms with Crippen LogP contribution in [0.4, 0.5) is 11.5 Å². The predicted molar refractivity (Wildman–Crippen MR) is 66.1 cm³/mol.